The van der Waals surface area contributed by atoms with Crippen molar-refractivity contribution in [1.82, 2.24) is 0 Å². The fraction of sp³-hybridized carbons (Fsp3) is 1.00. The topological polar surface area (TPSA) is 52.0 Å². The van der Waals surface area contributed by atoms with Crippen LogP contribution in [0.1, 0.15) is 71.1 Å². The molecule has 2 aliphatic rings. The molecular formula is C16H32N2. The van der Waals surface area contributed by atoms with Crippen LogP contribution in [0.2, 0.25) is 0 Å². The van der Waals surface area contributed by atoms with Gasteiger partial charge in [0, 0.05) is 12.1 Å². The van der Waals surface area contributed by atoms with Gasteiger partial charge in [0.1, 0.15) is 0 Å². The third-order valence-electron chi connectivity index (χ3n) is 5.47. The molecule has 0 atom stereocenters. The lowest BCUT2D eigenvalue weighted by atomic mass is 9.67. The zero-order valence-corrected chi connectivity index (χ0v) is 12.1. The van der Waals surface area contributed by atoms with Gasteiger partial charge in [-0.3, -0.25) is 0 Å². The van der Waals surface area contributed by atoms with Crippen molar-refractivity contribution < 1.29 is 0 Å². The first-order valence-corrected chi connectivity index (χ1v) is 8.21. The highest BCUT2D eigenvalue weighted by molar-refractivity contribution is 4.86. The molecule has 0 aromatic heterocycles. The fourth-order valence-corrected chi connectivity index (χ4v) is 4.34. The Morgan fingerprint density at radius 1 is 0.778 bits per heavy atom. The van der Waals surface area contributed by atoms with Gasteiger partial charge in [0.2, 0.25) is 0 Å². The van der Waals surface area contributed by atoms with Crippen molar-refractivity contribution in [2.24, 2.45) is 29.2 Å². The van der Waals surface area contributed by atoms with Crippen LogP contribution >= 0.6 is 0 Å². The Kier molecular flexibility index (Phi) is 5.50. The molecule has 18 heavy (non-hydrogen) atoms. The highest BCUT2D eigenvalue weighted by Crippen LogP contribution is 2.41. The number of hydrogen-bond acceptors (Lipinski definition) is 2. The van der Waals surface area contributed by atoms with Crippen LogP contribution < -0.4 is 11.5 Å². The van der Waals surface area contributed by atoms with Crippen molar-refractivity contribution in [2.45, 2.75) is 83.2 Å². The van der Waals surface area contributed by atoms with Crippen molar-refractivity contribution in [1.29, 1.82) is 0 Å². The van der Waals surface area contributed by atoms with E-state index in [1.54, 1.807) is 0 Å². The summed E-state index contributed by atoms with van der Waals surface area (Å²) < 4.78 is 0. The van der Waals surface area contributed by atoms with Gasteiger partial charge in [0.05, 0.1) is 0 Å². The van der Waals surface area contributed by atoms with E-state index in [9.17, 15) is 0 Å². The van der Waals surface area contributed by atoms with Gasteiger partial charge in [-0.15, -0.1) is 0 Å². The molecule has 2 heteroatoms. The van der Waals surface area contributed by atoms with E-state index >= 15 is 0 Å². The predicted octanol–water partition coefficient (Wildman–Crippen LogP) is 3.44. The lowest BCUT2D eigenvalue weighted by Crippen LogP contribution is -2.35. The maximum atomic E-state index is 6.05. The summed E-state index contributed by atoms with van der Waals surface area (Å²) in [7, 11) is 0. The SMILES string of the molecule is CCCC(C1CCC(N)CC1)C1CCC(N)CC1. The van der Waals surface area contributed by atoms with Crippen LogP contribution in [0.25, 0.3) is 0 Å². The fourth-order valence-electron chi connectivity index (χ4n) is 4.34. The highest BCUT2D eigenvalue weighted by atomic mass is 14.6. The van der Waals surface area contributed by atoms with E-state index in [0.717, 1.165) is 17.8 Å². The van der Waals surface area contributed by atoms with Crippen LogP contribution in [0.5, 0.6) is 0 Å². The van der Waals surface area contributed by atoms with Gasteiger partial charge in [0.15, 0.2) is 0 Å². The summed E-state index contributed by atoms with van der Waals surface area (Å²) in [5.74, 6) is 2.89. The second-order valence-electron chi connectivity index (χ2n) is 6.80. The Labute approximate surface area is 113 Å². The number of hydrogen-bond donors (Lipinski definition) is 2. The molecule has 0 aromatic rings. The van der Waals surface area contributed by atoms with Crippen LogP contribution in [0, 0.1) is 17.8 Å². The van der Waals surface area contributed by atoms with Gasteiger partial charge in [-0.25, -0.2) is 0 Å². The standard InChI is InChI=1S/C16H32N2/c1-2-3-16(12-4-8-14(17)9-5-12)13-6-10-15(18)11-7-13/h12-16H,2-11,17-18H2,1H3. The zero-order chi connectivity index (χ0) is 13.0. The van der Waals surface area contributed by atoms with Gasteiger partial charge in [-0.05, 0) is 69.1 Å². The second kappa shape index (κ2) is 6.91. The van der Waals surface area contributed by atoms with Crippen molar-refractivity contribution in [3.05, 3.63) is 0 Å². The van der Waals surface area contributed by atoms with Crippen molar-refractivity contribution in [3.8, 4) is 0 Å². The second-order valence-corrected chi connectivity index (χ2v) is 6.80. The van der Waals surface area contributed by atoms with E-state index in [4.69, 9.17) is 11.5 Å². The largest absolute Gasteiger partial charge is 0.328 e. The Morgan fingerprint density at radius 3 is 1.50 bits per heavy atom. The van der Waals surface area contributed by atoms with E-state index < -0.39 is 0 Å². The average molecular weight is 252 g/mol. The van der Waals surface area contributed by atoms with Crippen LogP contribution in [0.3, 0.4) is 0 Å². The van der Waals surface area contributed by atoms with Gasteiger partial charge < -0.3 is 11.5 Å². The minimum Gasteiger partial charge on any atom is -0.328 e. The predicted molar refractivity (Wildman–Crippen MR) is 78.3 cm³/mol. The van der Waals surface area contributed by atoms with Gasteiger partial charge >= 0.3 is 0 Å². The van der Waals surface area contributed by atoms with Crippen LogP contribution in [-0.2, 0) is 0 Å². The molecule has 2 rings (SSSR count). The number of nitrogens with two attached hydrogens (primary N) is 2. The molecule has 0 bridgehead atoms. The molecule has 2 saturated carbocycles. The molecule has 0 spiro atoms. The molecule has 0 heterocycles. The lowest BCUT2D eigenvalue weighted by molar-refractivity contribution is 0.124. The number of rotatable bonds is 4. The molecular weight excluding hydrogens is 220 g/mol. The maximum absolute atomic E-state index is 6.05. The van der Waals surface area contributed by atoms with E-state index in [1.165, 1.54) is 64.2 Å². The van der Waals surface area contributed by atoms with Crippen LogP contribution in [-0.4, -0.2) is 12.1 Å². The minimum atomic E-state index is 0.489. The van der Waals surface area contributed by atoms with Gasteiger partial charge in [0.25, 0.3) is 0 Å². The molecule has 2 fully saturated rings. The molecule has 0 unspecified atom stereocenters. The van der Waals surface area contributed by atoms with E-state index in [2.05, 4.69) is 6.92 Å². The molecule has 0 radical (unpaired) electrons. The van der Waals surface area contributed by atoms with E-state index in [-0.39, 0.29) is 0 Å². The Hall–Kier alpha value is -0.0800. The Bertz CT molecular complexity index is 203. The third kappa shape index (κ3) is 3.71. The summed E-state index contributed by atoms with van der Waals surface area (Å²) in [5, 5.41) is 0. The van der Waals surface area contributed by atoms with E-state index in [0.29, 0.717) is 12.1 Å². The Morgan fingerprint density at radius 2 is 1.17 bits per heavy atom. The highest BCUT2D eigenvalue weighted by Gasteiger charge is 2.33. The Balaban J connectivity index is 1.90. The summed E-state index contributed by atoms with van der Waals surface area (Å²) in [6, 6.07) is 0.978. The first-order chi connectivity index (χ1) is 8.70. The summed E-state index contributed by atoms with van der Waals surface area (Å²) in [6.45, 7) is 2.34. The molecule has 0 aliphatic heterocycles. The molecule has 2 aliphatic carbocycles. The van der Waals surface area contributed by atoms with Gasteiger partial charge in [-0.2, -0.15) is 0 Å². The monoisotopic (exact) mass is 252 g/mol. The zero-order valence-electron chi connectivity index (χ0n) is 12.1. The summed E-state index contributed by atoms with van der Waals surface area (Å²) in [4.78, 5) is 0. The first-order valence-electron chi connectivity index (χ1n) is 8.21. The molecule has 106 valence electrons. The van der Waals surface area contributed by atoms with Crippen LogP contribution in [0.15, 0.2) is 0 Å². The summed E-state index contributed by atoms with van der Waals surface area (Å²) >= 11 is 0. The quantitative estimate of drug-likeness (QED) is 0.805. The molecule has 4 N–H and O–H groups in total. The lowest BCUT2D eigenvalue weighted by Gasteiger charge is -2.40. The molecule has 0 amide bonds. The normalized spacial score (nSPS) is 39.5. The maximum Gasteiger partial charge on any atom is 0.00390 e. The van der Waals surface area contributed by atoms with Crippen molar-refractivity contribution in [2.75, 3.05) is 0 Å². The molecule has 2 nitrogen and oxygen atoms in total. The average Bonchev–Trinajstić information content (AvgIpc) is 2.39. The smallest absolute Gasteiger partial charge is 0.00390 e. The summed E-state index contributed by atoms with van der Waals surface area (Å²) in [5.41, 5.74) is 12.1. The van der Waals surface area contributed by atoms with E-state index in [1.807, 2.05) is 0 Å². The van der Waals surface area contributed by atoms with Crippen molar-refractivity contribution in [3.63, 3.8) is 0 Å². The van der Waals surface area contributed by atoms with Gasteiger partial charge in [-0.1, -0.05) is 19.8 Å². The summed E-state index contributed by atoms with van der Waals surface area (Å²) in [6.07, 6.45) is 13.4. The molecule has 0 saturated heterocycles. The first kappa shape index (κ1) is 14.3. The van der Waals surface area contributed by atoms with Crippen LogP contribution in [0.4, 0.5) is 0 Å². The minimum absolute atomic E-state index is 0.489. The van der Waals surface area contributed by atoms with Crippen molar-refractivity contribution >= 4 is 0 Å². The third-order valence-corrected chi connectivity index (χ3v) is 5.47. The molecule has 0 aromatic carbocycles.